The maximum atomic E-state index is 10.4. The predicted octanol–water partition coefficient (Wildman–Crippen LogP) is 3.13. The third-order valence-corrected chi connectivity index (χ3v) is 3.59. The first-order chi connectivity index (χ1) is 12.0. The third-order valence-electron chi connectivity index (χ3n) is 3.59. The molecular formula is C20H32O5. The first-order valence-electron chi connectivity index (χ1n) is 8.91. The lowest BCUT2D eigenvalue weighted by molar-refractivity contribution is -0.137. The van der Waals surface area contributed by atoms with Gasteiger partial charge >= 0.3 is 5.97 Å². The van der Waals surface area contributed by atoms with Crippen molar-refractivity contribution < 1.29 is 25.2 Å². The molecule has 4 N–H and O–H groups in total. The van der Waals surface area contributed by atoms with Crippen molar-refractivity contribution in [2.45, 2.75) is 70.2 Å². The second-order valence-corrected chi connectivity index (χ2v) is 5.95. The van der Waals surface area contributed by atoms with E-state index in [1.165, 1.54) is 6.08 Å². The highest BCUT2D eigenvalue weighted by Gasteiger charge is 2.12. The zero-order valence-electron chi connectivity index (χ0n) is 15.0. The monoisotopic (exact) mass is 352 g/mol. The molecule has 0 radical (unpaired) electrons. The molecule has 0 saturated carbocycles. The van der Waals surface area contributed by atoms with Gasteiger partial charge in [0.05, 0.1) is 18.3 Å². The van der Waals surface area contributed by atoms with Crippen molar-refractivity contribution >= 4 is 5.97 Å². The number of rotatable bonds is 14. The Morgan fingerprint density at radius 2 is 1.44 bits per heavy atom. The second kappa shape index (κ2) is 15.8. The number of allylic oxidation sites excluding steroid dienone is 6. The molecular weight excluding hydrogens is 320 g/mol. The normalized spacial score (nSPS) is 16.3. The molecule has 0 aromatic rings. The molecule has 5 heteroatoms. The molecule has 0 heterocycles. The minimum atomic E-state index is -1.01. The molecule has 0 amide bonds. The Hall–Kier alpha value is -1.69. The minimum absolute atomic E-state index is 0.0149. The van der Waals surface area contributed by atoms with Crippen molar-refractivity contribution in [3.63, 3.8) is 0 Å². The van der Waals surface area contributed by atoms with E-state index in [2.05, 4.69) is 6.92 Å². The summed E-state index contributed by atoms with van der Waals surface area (Å²) in [5.41, 5.74) is 0. The van der Waals surface area contributed by atoms with Gasteiger partial charge in [-0.15, -0.1) is 0 Å². The number of hydrogen-bond acceptors (Lipinski definition) is 4. The SMILES string of the molecule is CCCCC[C@H](O)/C=C/C=C\C=CC=C[C@@H](O)[C@@H](O)CCCC(=O)O. The van der Waals surface area contributed by atoms with Gasteiger partial charge in [0.1, 0.15) is 0 Å². The predicted molar refractivity (Wildman–Crippen MR) is 100 cm³/mol. The van der Waals surface area contributed by atoms with E-state index in [0.717, 1.165) is 25.7 Å². The van der Waals surface area contributed by atoms with Crippen LogP contribution < -0.4 is 0 Å². The van der Waals surface area contributed by atoms with E-state index >= 15 is 0 Å². The van der Waals surface area contributed by atoms with Crippen LogP contribution in [0.15, 0.2) is 48.6 Å². The van der Waals surface area contributed by atoms with Gasteiger partial charge in [-0.1, -0.05) is 74.8 Å². The van der Waals surface area contributed by atoms with E-state index in [4.69, 9.17) is 5.11 Å². The molecule has 0 aromatic heterocycles. The van der Waals surface area contributed by atoms with Crippen molar-refractivity contribution in [2.24, 2.45) is 0 Å². The summed E-state index contributed by atoms with van der Waals surface area (Å²) < 4.78 is 0. The lowest BCUT2D eigenvalue weighted by Gasteiger charge is -2.13. The number of carboxylic acid groups (broad SMARTS) is 1. The smallest absolute Gasteiger partial charge is 0.303 e. The van der Waals surface area contributed by atoms with Crippen LogP contribution in [0.5, 0.6) is 0 Å². The molecule has 25 heavy (non-hydrogen) atoms. The van der Waals surface area contributed by atoms with Gasteiger partial charge in [-0.25, -0.2) is 0 Å². The first-order valence-corrected chi connectivity index (χ1v) is 8.91. The zero-order valence-corrected chi connectivity index (χ0v) is 15.0. The van der Waals surface area contributed by atoms with Gasteiger partial charge in [0.15, 0.2) is 0 Å². The van der Waals surface area contributed by atoms with Crippen LogP contribution >= 0.6 is 0 Å². The van der Waals surface area contributed by atoms with E-state index in [0.29, 0.717) is 6.42 Å². The van der Waals surface area contributed by atoms with Crippen LogP contribution in [0.2, 0.25) is 0 Å². The number of aliphatic carboxylic acids is 1. The van der Waals surface area contributed by atoms with E-state index in [1.54, 1.807) is 36.5 Å². The summed E-state index contributed by atoms with van der Waals surface area (Å²) in [7, 11) is 0. The van der Waals surface area contributed by atoms with E-state index in [-0.39, 0.29) is 12.8 Å². The molecule has 0 aliphatic carbocycles. The maximum Gasteiger partial charge on any atom is 0.303 e. The van der Waals surface area contributed by atoms with Gasteiger partial charge < -0.3 is 20.4 Å². The average Bonchev–Trinajstić information content (AvgIpc) is 2.56. The van der Waals surface area contributed by atoms with Gasteiger partial charge in [-0.3, -0.25) is 4.79 Å². The number of aliphatic hydroxyl groups excluding tert-OH is 3. The number of unbranched alkanes of at least 4 members (excludes halogenated alkanes) is 2. The standard InChI is InChI=1S/C20H32O5/c1-2-3-8-12-17(21)13-9-6-4-5-7-10-14-18(22)19(23)15-11-16-20(24)25/h4-7,9-10,13-14,17-19,21-23H,2-3,8,11-12,15-16H2,1H3,(H,24,25)/b6-4-,7-5?,13-9+,14-10?/t17-,18+,19-/m0/s1. The fourth-order valence-corrected chi connectivity index (χ4v) is 2.09. The highest BCUT2D eigenvalue weighted by atomic mass is 16.4. The summed E-state index contributed by atoms with van der Waals surface area (Å²) in [6.07, 6.45) is 16.0. The molecule has 0 unspecified atom stereocenters. The van der Waals surface area contributed by atoms with Crippen molar-refractivity contribution in [2.75, 3.05) is 0 Å². The first kappa shape index (κ1) is 23.3. The zero-order chi connectivity index (χ0) is 18.9. The lowest BCUT2D eigenvalue weighted by atomic mass is 10.1. The van der Waals surface area contributed by atoms with Crippen molar-refractivity contribution in [3.05, 3.63) is 48.6 Å². The quantitative estimate of drug-likeness (QED) is 0.284. The van der Waals surface area contributed by atoms with Crippen molar-refractivity contribution in [1.82, 2.24) is 0 Å². The molecule has 0 fully saturated rings. The van der Waals surface area contributed by atoms with Gasteiger partial charge in [0, 0.05) is 6.42 Å². The second-order valence-electron chi connectivity index (χ2n) is 5.95. The third kappa shape index (κ3) is 15.6. The van der Waals surface area contributed by atoms with Crippen LogP contribution in [-0.2, 0) is 4.79 Å². The molecule has 0 bridgehead atoms. The molecule has 0 saturated heterocycles. The van der Waals surface area contributed by atoms with E-state index in [9.17, 15) is 20.1 Å². The van der Waals surface area contributed by atoms with Gasteiger partial charge in [0.2, 0.25) is 0 Å². The summed E-state index contributed by atoms with van der Waals surface area (Å²) in [6, 6.07) is 0. The molecule has 0 aromatic carbocycles. The summed E-state index contributed by atoms with van der Waals surface area (Å²) in [5.74, 6) is -0.908. The van der Waals surface area contributed by atoms with E-state index < -0.39 is 24.3 Å². The van der Waals surface area contributed by atoms with Crippen molar-refractivity contribution in [1.29, 1.82) is 0 Å². The Bertz CT molecular complexity index is 451. The van der Waals surface area contributed by atoms with E-state index in [1.807, 2.05) is 6.08 Å². The van der Waals surface area contributed by atoms with Crippen LogP contribution in [0, 0.1) is 0 Å². The Morgan fingerprint density at radius 3 is 2.04 bits per heavy atom. The molecule has 0 aliphatic heterocycles. The van der Waals surface area contributed by atoms with Gasteiger partial charge in [-0.2, -0.15) is 0 Å². The van der Waals surface area contributed by atoms with Crippen LogP contribution in [0.3, 0.4) is 0 Å². The van der Waals surface area contributed by atoms with Crippen LogP contribution in [-0.4, -0.2) is 44.7 Å². The average molecular weight is 352 g/mol. The maximum absolute atomic E-state index is 10.4. The fraction of sp³-hybridized carbons (Fsp3) is 0.550. The number of aliphatic hydroxyl groups is 3. The Kier molecular flexibility index (Phi) is 14.7. The molecule has 5 nitrogen and oxygen atoms in total. The molecule has 142 valence electrons. The topological polar surface area (TPSA) is 98.0 Å². The highest BCUT2D eigenvalue weighted by molar-refractivity contribution is 5.66. The van der Waals surface area contributed by atoms with Crippen LogP contribution in [0.1, 0.15) is 51.9 Å². The summed E-state index contributed by atoms with van der Waals surface area (Å²) in [4.78, 5) is 10.4. The Labute approximate surface area is 150 Å². The number of carbonyl (C=O) groups is 1. The lowest BCUT2D eigenvalue weighted by Crippen LogP contribution is -2.23. The largest absolute Gasteiger partial charge is 0.481 e. The molecule has 0 rings (SSSR count). The van der Waals surface area contributed by atoms with Crippen LogP contribution in [0.4, 0.5) is 0 Å². The fourth-order valence-electron chi connectivity index (χ4n) is 2.09. The Balaban J connectivity index is 3.97. The van der Waals surface area contributed by atoms with Crippen LogP contribution in [0.25, 0.3) is 0 Å². The number of carboxylic acids is 1. The summed E-state index contributed by atoms with van der Waals surface area (Å²) >= 11 is 0. The molecule has 0 aliphatic rings. The van der Waals surface area contributed by atoms with Crippen molar-refractivity contribution in [3.8, 4) is 0 Å². The van der Waals surface area contributed by atoms with Gasteiger partial charge in [-0.05, 0) is 19.3 Å². The summed E-state index contributed by atoms with van der Waals surface area (Å²) in [6.45, 7) is 2.13. The molecule has 3 atom stereocenters. The minimum Gasteiger partial charge on any atom is -0.481 e. The summed E-state index contributed by atoms with van der Waals surface area (Å²) in [5, 5.41) is 37.6. The molecule has 0 spiro atoms. The number of hydrogen-bond donors (Lipinski definition) is 4. The Morgan fingerprint density at radius 1 is 0.840 bits per heavy atom. The van der Waals surface area contributed by atoms with Gasteiger partial charge in [0.25, 0.3) is 0 Å². The highest BCUT2D eigenvalue weighted by Crippen LogP contribution is 2.06.